The van der Waals surface area contributed by atoms with E-state index in [1.165, 1.54) is 0 Å². The Morgan fingerprint density at radius 3 is 2.94 bits per heavy atom. The van der Waals surface area contributed by atoms with Crippen molar-refractivity contribution in [3.63, 3.8) is 0 Å². The third-order valence-electron chi connectivity index (χ3n) is 3.25. The zero-order valence-electron chi connectivity index (χ0n) is 9.79. The molecule has 0 aliphatic carbocycles. The Balaban J connectivity index is 2.25. The number of likely N-dealkylation sites (tertiary alicyclic amines) is 1. The fourth-order valence-electron chi connectivity index (χ4n) is 2.36. The van der Waals surface area contributed by atoms with Gasteiger partial charge in [0.2, 0.25) is 0 Å². The number of hydrogen-bond acceptors (Lipinski definition) is 3. The van der Waals surface area contributed by atoms with Crippen LogP contribution in [0.5, 0.6) is 0 Å². The molecule has 1 fully saturated rings. The number of rotatable bonds is 2. The highest BCUT2D eigenvalue weighted by Gasteiger charge is 2.30. The van der Waals surface area contributed by atoms with E-state index in [9.17, 15) is 4.79 Å². The quantitative estimate of drug-likeness (QED) is 0.769. The third-order valence-corrected chi connectivity index (χ3v) is 3.25. The summed E-state index contributed by atoms with van der Waals surface area (Å²) in [5.41, 5.74) is 7.99. The zero-order valence-corrected chi connectivity index (χ0v) is 9.79. The van der Waals surface area contributed by atoms with Crippen molar-refractivity contribution in [2.45, 2.75) is 32.7 Å². The maximum absolute atomic E-state index is 12.3. The van der Waals surface area contributed by atoms with Gasteiger partial charge in [0.05, 0.1) is 11.3 Å². The van der Waals surface area contributed by atoms with E-state index < -0.39 is 0 Å². The number of H-pyrrole nitrogens is 1. The maximum Gasteiger partial charge on any atom is 0.257 e. The van der Waals surface area contributed by atoms with Crippen molar-refractivity contribution < 1.29 is 4.79 Å². The van der Waals surface area contributed by atoms with E-state index in [4.69, 9.17) is 5.73 Å². The molecule has 1 saturated heterocycles. The predicted molar refractivity (Wildman–Crippen MR) is 61.2 cm³/mol. The lowest BCUT2D eigenvalue weighted by Crippen LogP contribution is -2.40. The van der Waals surface area contributed by atoms with Gasteiger partial charge in [0.1, 0.15) is 0 Å². The van der Waals surface area contributed by atoms with Crippen molar-refractivity contribution in [3.05, 3.63) is 17.0 Å². The fourth-order valence-corrected chi connectivity index (χ4v) is 2.36. The van der Waals surface area contributed by atoms with Crippen molar-refractivity contribution in [1.82, 2.24) is 15.1 Å². The van der Waals surface area contributed by atoms with Gasteiger partial charge in [0.25, 0.3) is 5.91 Å². The summed E-state index contributed by atoms with van der Waals surface area (Å²) in [6, 6.07) is 0.196. The van der Waals surface area contributed by atoms with Crippen molar-refractivity contribution in [2.24, 2.45) is 5.73 Å². The van der Waals surface area contributed by atoms with Gasteiger partial charge >= 0.3 is 0 Å². The number of carbonyl (C=O) groups excluding carboxylic acids is 1. The van der Waals surface area contributed by atoms with Gasteiger partial charge in [-0.25, -0.2) is 0 Å². The van der Waals surface area contributed by atoms with Crippen molar-refractivity contribution in [3.8, 4) is 0 Å². The molecule has 2 heterocycles. The van der Waals surface area contributed by atoms with E-state index >= 15 is 0 Å². The Morgan fingerprint density at radius 1 is 1.62 bits per heavy atom. The second-order valence-corrected chi connectivity index (χ2v) is 4.34. The van der Waals surface area contributed by atoms with Crippen LogP contribution >= 0.6 is 0 Å². The maximum atomic E-state index is 12.3. The van der Waals surface area contributed by atoms with Gasteiger partial charge in [-0.1, -0.05) is 0 Å². The minimum absolute atomic E-state index is 0.0664. The van der Waals surface area contributed by atoms with E-state index in [1.54, 1.807) is 0 Å². The van der Waals surface area contributed by atoms with Crippen LogP contribution in [0.2, 0.25) is 0 Å². The molecule has 16 heavy (non-hydrogen) atoms. The standard InChI is InChI=1S/C11H18N4O/c1-7-10(8(2)14-13-7)11(16)15-5-3-4-9(15)6-12/h9H,3-6,12H2,1-2H3,(H,13,14). The summed E-state index contributed by atoms with van der Waals surface area (Å²) in [4.78, 5) is 14.2. The third kappa shape index (κ3) is 1.71. The molecule has 1 unspecified atom stereocenters. The van der Waals surface area contributed by atoms with Gasteiger partial charge in [-0.15, -0.1) is 0 Å². The van der Waals surface area contributed by atoms with E-state index in [2.05, 4.69) is 10.2 Å². The summed E-state index contributed by atoms with van der Waals surface area (Å²) < 4.78 is 0. The number of aromatic amines is 1. The first-order valence-corrected chi connectivity index (χ1v) is 5.67. The Labute approximate surface area is 95.0 Å². The molecule has 0 saturated carbocycles. The normalized spacial score (nSPS) is 20.4. The molecule has 1 atom stereocenters. The van der Waals surface area contributed by atoms with Gasteiger partial charge in [0.15, 0.2) is 0 Å². The molecule has 5 nitrogen and oxygen atoms in total. The highest BCUT2D eigenvalue weighted by Crippen LogP contribution is 2.21. The predicted octanol–water partition coefficient (Wildman–Crippen LogP) is 0.590. The van der Waals surface area contributed by atoms with Crippen LogP contribution in [0, 0.1) is 13.8 Å². The molecule has 1 amide bonds. The fraction of sp³-hybridized carbons (Fsp3) is 0.636. The van der Waals surface area contributed by atoms with Crippen LogP contribution in [0.15, 0.2) is 0 Å². The molecule has 2 rings (SSSR count). The van der Waals surface area contributed by atoms with Crippen LogP contribution in [-0.2, 0) is 0 Å². The number of nitrogens with zero attached hydrogens (tertiary/aromatic N) is 2. The Kier molecular flexibility index (Phi) is 2.96. The first kappa shape index (κ1) is 11.1. The number of nitrogens with one attached hydrogen (secondary N) is 1. The lowest BCUT2D eigenvalue weighted by molar-refractivity contribution is 0.0740. The summed E-state index contributed by atoms with van der Waals surface area (Å²) in [6.07, 6.45) is 2.06. The van der Waals surface area contributed by atoms with Gasteiger partial charge in [-0.3, -0.25) is 9.89 Å². The second-order valence-electron chi connectivity index (χ2n) is 4.34. The van der Waals surface area contributed by atoms with E-state index in [0.717, 1.165) is 30.8 Å². The highest BCUT2D eigenvalue weighted by atomic mass is 16.2. The largest absolute Gasteiger partial charge is 0.334 e. The lowest BCUT2D eigenvalue weighted by Gasteiger charge is -2.23. The number of amides is 1. The van der Waals surface area contributed by atoms with Crippen LogP contribution in [0.4, 0.5) is 0 Å². The highest BCUT2D eigenvalue weighted by molar-refractivity contribution is 5.96. The molecule has 0 aromatic carbocycles. The van der Waals surface area contributed by atoms with Crippen LogP contribution in [0.3, 0.4) is 0 Å². The molecule has 1 aliphatic rings. The Bertz CT molecular complexity index is 379. The van der Waals surface area contributed by atoms with Gasteiger partial charge in [-0.05, 0) is 26.7 Å². The minimum atomic E-state index is 0.0664. The molecule has 0 radical (unpaired) electrons. The van der Waals surface area contributed by atoms with Crippen LogP contribution < -0.4 is 5.73 Å². The van der Waals surface area contributed by atoms with Gasteiger partial charge < -0.3 is 10.6 Å². The van der Waals surface area contributed by atoms with E-state index in [-0.39, 0.29) is 11.9 Å². The molecule has 3 N–H and O–H groups in total. The number of hydrogen-bond donors (Lipinski definition) is 2. The molecule has 1 aromatic rings. The summed E-state index contributed by atoms with van der Waals surface area (Å²) in [6.45, 7) is 5.08. The number of aromatic nitrogens is 2. The molecule has 5 heteroatoms. The molecular formula is C11H18N4O. The second kappa shape index (κ2) is 4.25. The SMILES string of the molecule is Cc1n[nH]c(C)c1C(=O)N1CCCC1CN. The molecule has 88 valence electrons. The average molecular weight is 222 g/mol. The van der Waals surface area contributed by atoms with Crippen LogP contribution in [-0.4, -0.2) is 40.1 Å². The summed E-state index contributed by atoms with van der Waals surface area (Å²) in [7, 11) is 0. The molecule has 1 aliphatic heterocycles. The van der Waals surface area contributed by atoms with E-state index in [0.29, 0.717) is 12.1 Å². The van der Waals surface area contributed by atoms with E-state index in [1.807, 2.05) is 18.7 Å². The zero-order chi connectivity index (χ0) is 11.7. The molecule has 0 bridgehead atoms. The number of nitrogens with two attached hydrogens (primary N) is 1. The molecular weight excluding hydrogens is 204 g/mol. The molecule has 0 spiro atoms. The number of aryl methyl sites for hydroxylation is 2. The summed E-state index contributed by atoms with van der Waals surface area (Å²) in [5.74, 6) is 0.0664. The first-order chi connectivity index (χ1) is 7.65. The Morgan fingerprint density at radius 2 is 2.38 bits per heavy atom. The van der Waals surface area contributed by atoms with Crippen molar-refractivity contribution in [1.29, 1.82) is 0 Å². The average Bonchev–Trinajstić information content (AvgIpc) is 2.85. The molecule has 1 aromatic heterocycles. The lowest BCUT2D eigenvalue weighted by atomic mass is 10.1. The van der Waals surface area contributed by atoms with Gasteiger partial charge in [-0.2, -0.15) is 5.10 Å². The summed E-state index contributed by atoms with van der Waals surface area (Å²) >= 11 is 0. The minimum Gasteiger partial charge on any atom is -0.334 e. The monoisotopic (exact) mass is 222 g/mol. The first-order valence-electron chi connectivity index (χ1n) is 5.67. The van der Waals surface area contributed by atoms with Crippen molar-refractivity contribution >= 4 is 5.91 Å². The van der Waals surface area contributed by atoms with Crippen LogP contribution in [0.1, 0.15) is 34.6 Å². The Hall–Kier alpha value is -1.36. The number of carbonyl (C=O) groups is 1. The van der Waals surface area contributed by atoms with Gasteiger partial charge in [0, 0.05) is 24.8 Å². The smallest absolute Gasteiger partial charge is 0.257 e. The van der Waals surface area contributed by atoms with Crippen molar-refractivity contribution in [2.75, 3.05) is 13.1 Å². The summed E-state index contributed by atoms with van der Waals surface area (Å²) in [5, 5.41) is 6.90. The topological polar surface area (TPSA) is 75.0 Å². The van der Waals surface area contributed by atoms with Crippen LogP contribution in [0.25, 0.3) is 0 Å².